The van der Waals surface area contributed by atoms with Gasteiger partial charge in [0, 0.05) is 49.9 Å². The summed E-state index contributed by atoms with van der Waals surface area (Å²) >= 11 is 0. The van der Waals surface area contributed by atoms with Crippen molar-refractivity contribution in [2.45, 2.75) is 24.5 Å². The van der Waals surface area contributed by atoms with Gasteiger partial charge in [0.05, 0.1) is 17.0 Å². The lowest BCUT2D eigenvalue weighted by Crippen LogP contribution is -2.42. The van der Waals surface area contributed by atoms with Crippen molar-refractivity contribution in [3.63, 3.8) is 0 Å². The highest BCUT2D eigenvalue weighted by Crippen LogP contribution is 2.32. The van der Waals surface area contributed by atoms with Crippen LogP contribution in [0, 0.1) is 0 Å². The molecule has 1 aliphatic rings. The highest BCUT2D eigenvalue weighted by molar-refractivity contribution is 7.90. The van der Waals surface area contributed by atoms with Gasteiger partial charge < -0.3 is 15.2 Å². The highest BCUT2D eigenvalue weighted by Gasteiger charge is 2.38. The minimum atomic E-state index is -5.08. The zero-order valence-corrected chi connectivity index (χ0v) is 19.8. The molecule has 0 aliphatic carbocycles. The van der Waals surface area contributed by atoms with E-state index in [1.807, 2.05) is 31.2 Å². The number of carboxylic acids is 1. The van der Waals surface area contributed by atoms with E-state index in [1.165, 1.54) is 3.97 Å². The molecule has 35 heavy (non-hydrogen) atoms. The van der Waals surface area contributed by atoms with Crippen LogP contribution in [0.4, 0.5) is 13.2 Å². The lowest BCUT2D eigenvalue weighted by atomic mass is 10.1. The summed E-state index contributed by atoms with van der Waals surface area (Å²) in [6.45, 7) is 7.12. The summed E-state index contributed by atoms with van der Waals surface area (Å²) in [5.74, 6) is -1.93. The summed E-state index contributed by atoms with van der Waals surface area (Å²) in [5.41, 5.74) is 1.72. The van der Waals surface area contributed by atoms with Gasteiger partial charge in [-0.2, -0.15) is 13.2 Å². The van der Waals surface area contributed by atoms with Crippen molar-refractivity contribution in [3.8, 4) is 5.75 Å². The fraction of sp³-hybridized carbons (Fsp3) is 0.348. The minimum Gasteiger partial charge on any atom is -0.494 e. The van der Waals surface area contributed by atoms with Gasteiger partial charge in [0.25, 0.3) is 10.0 Å². The van der Waals surface area contributed by atoms with Crippen molar-refractivity contribution in [3.05, 3.63) is 60.3 Å². The second-order valence-electron chi connectivity index (χ2n) is 7.67. The van der Waals surface area contributed by atoms with E-state index in [2.05, 4.69) is 10.2 Å². The van der Waals surface area contributed by atoms with Crippen LogP contribution in [0.2, 0.25) is 0 Å². The van der Waals surface area contributed by atoms with E-state index in [-0.39, 0.29) is 4.90 Å². The lowest BCUT2D eigenvalue weighted by Gasteiger charge is -2.28. The molecule has 1 aromatic heterocycles. The van der Waals surface area contributed by atoms with Gasteiger partial charge in [0.1, 0.15) is 5.75 Å². The molecule has 0 spiro atoms. The molecule has 0 unspecified atom stereocenters. The lowest BCUT2D eigenvalue weighted by molar-refractivity contribution is -0.192. The van der Waals surface area contributed by atoms with E-state index < -0.39 is 22.2 Å². The first-order chi connectivity index (χ1) is 16.6. The van der Waals surface area contributed by atoms with Crippen LogP contribution >= 0.6 is 0 Å². The molecule has 12 heteroatoms. The Kier molecular flexibility index (Phi) is 8.41. The first-order valence-electron chi connectivity index (χ1n) is 10.8. The van der Waals surface area contributed by atoms with E-state index in [4.69, 9.17) is 14.6 Å². The number of fused-ring (bicyclic) bond motifs is 1. The number of carboxylic acid groups (broad SMARTS) is 1. The number of aromatic nitrogens is 1. The van der Waals surface area contributed by atoms with Crippen molar-refractivity contribution < 1.29 is 36.2 Å². The maximum Gasteiger partial charge on any atom is 0.490 e. The third kappa shape index (κ3) is 6.32. The van der Waals surface area contributed by atoms with E-state index in [0.29, 0.717) is 12.1 Å². The predicted molar refractivity (Wildman–Crippen MR) is 124 cm³/mol. The Morgan fingerprint density at radius 3 is 2.29 bits per heavy atom. The van der Waals surface area contributed by atoms with Crippen LogP contribution in [0.5, 0.6) is 5.75 Å². The Hall–Kier alpha value is -3.09. The van der Waals surface area contributed by atoms with Crippen LogP contribution in [0.25, 0.3) is 10.9 Å². The Morgan fingerprint density at radius 2 is 1.71 bits per heavy atom. The standard InChI is InChI=1S/C21H25N3O3S.C2HF3O2/c1-2-27-21-9-8-20-18(19(21)16-23-14-11-22-12-15-23)10-13-24(20)28(25,26)17-6-4-3-5-7-17;3-2(4,5)1(6)7/h3-10,13,22H,2,11-12,14-16H2,1H3;(H,6,7). The summed E-state index contributed by atoms with van der Waals surface area (Å²) in [4.78, 5) is 11.6. The second-order valence-corrected chi connectivity index (χ2v) is 9.48. The number of ether oxygens (including phenoxy) is 1. The Bertz CT molecular complexity index is 1250. The summed E-state index contributed by atoms with van der Waals surface area (Å²) in [7, 11) is -3.64. The predicted octanol–water partition coefficient (Wildman–Crippen LogP) is 3.32. The Morgan fingerprint density at radius 1 is 1.09 bits per heavy atom. The largest absolute Gasteiger partial charge is 0.494 e. The number of hydrogen-bond donors (Lipinski definition) is 2. The molecule has 0 saturated carbocycles. The molecule has 1 fully saturated rings. The van der Waals surface area contributed by atoms with Gasteiger partial charge in [-0.25, -0.2) is 17.2 Å². The van der Waals surface area contributed by atoms with Gasteiger partial charge in [0.2, 0.25) is 0 Å². The number of hydrogen-bond acceptors (Lipinski definition) is 6. The Labute approximate surface area is 201 Å². The van der Waals surface area contributed by atoms with Crippen LogP contribution in [0.3, 0.4) is 0 Å². The van der Waals surface area contributed by atoms with Gasteiger partial charge in [-0.05, 0) is 37.3 Å². The molecule has 1 aliphatic heterocycles. The van der Waals surface area contributed by atoms with E-state index >= 15 is 0 Å². The summed E-state index contributed by atoms with van der Waals surface area (Å²) in [5, 5.41) is 11.4. The van der Waals surface area contributed by atoms with Crippen LogP contribution in [-0.4, -0.2) is 67.3 Å². The molecule has 2 aromatic carbocycles. The second kappa shape index (κ2) is 11.1. The minimum absolute atomic E-state index is 0.282. The monoisotopic (exact) mass is 513 g/mol. The molecular weight excluding hydrogens is 487 g/mol. The van der Waals surface area contributed by atoms with Crippen LogP contribution in [0.15, 0.2) is 59.6 Å². The number of piperazine rings is 1. The van der Waals surface area contributed by atoms with Gasteiger partial charge in [-0.1, -0.05) is 18.2 Å². The number of nitrogens with one attached hydrogen (secondary N) is 1. The molecule has 0 bridgehead atoms. The van der Waals surface area contributed by atoms with Crippen molar-refractivity contribution in [1.29, 1.82) is 0 Å². The molecule has 0 atom stereocenters. The molecule has 3 aromatic rings. The molecular formula is C23H26F3N3O5S. The third-order valence-electron chi connectivity index (χ3n) is 5.34. The van der Waals surface area contributed by atoms with Crippen LogP contribution < -0.4 is 10.1 Å². The number of rotatable bonds is 6. The van der Waals surface area contributed by atoms with E-state index in [1.54, 1.807) is 30.5 Å². The van der Waals surface area contributed by atoms with Crippen molar-refractivity contribution >= 4 is 26.9 Å². The SMILES string of the molecule is CCOc1ccc2c(ccn2S(=O)(=O)c2ccccc2)c1CN1CCNCC1.O=C(O)C(F)(F)F. The molecule has 0 radical (unpaired) electrons. The topological polar surface area (TPSA) is 101 Å². The molecule has 2 heterocycles. The normalized spacial score (nSPS) is 14.9. The van der Waals surface area contributed by atoms with E-state index in [0.717, 1.165) is 49.4 Å². The number of halogens is 3. The maximum atomic E-state index is 13.1. The van der Waals surface area contributed by atoms with Gasteiger partial charge in [-0.3, -0.25) is 4.90 Å². The number of nitrogens with zero attached hydrogens (tertiary/aromatic N) is 2. The fourth-order valence-electron chi connectivity index (χ4n) is 3.70. The number of alkyl halides is 3. The highest BCUT2D eigenvalue weighted by atomic mass is 32.2. The summed E-state index contributed by atoms with van der Waals surface area (Å²) in [6, 6.07) is 14.1. The van der Waals surface area contributed by atoms with Crippen LogP contribution in [-0.2, 0) is 21.4 Å². The van der Waals surface area contributed by atoms with Gasteiger partial charge in [0.15, 0.2) is 0 Å². The molecule has 4 rings (SSSR count). The zero-order valence-electron chi connectivity index (χ0n) is 19.0. The summed E-state index contributed by atoms with van der Waals surface area (Å²) < 4.78 is 65.2. The maximum absolute atomic E-state index is 13.1. The molecule has 0 amide bonds. The van der Waals surface area contributed by atoms with Crippen molar-refractivity contribution in [2.24, 2.45) is 0 Å². The average molecular weight is 514 g/mol. The van der Waals surface area contributed by atoms with Gasteiger partial charge in [-0.15, -0.1) is 0 Å². The molecule has 8 nitrogen and oxygen atoms in total. The first-order valence-corrected chi connectivity index (χ1v) is 12.3. The fourth-order valence-corrected chi connectivity index (χ4v) is 5.06. The first kappa shape index (κ1) is 26.5. The number of aliphatic carboxylic acids is 1. The number of benzene rings is 2. The number of carbonyl (C=O) groups is 1. The third-order valence-corrected chi connectivity index (χ3v) is 7.04. The van der Waals surface area contributed by atoms with E-state index in [9.17, 15) is 21.6 Å². The zero-order chi connectivity index (χ0) is 25.6. The van der Waals surface area contributed by atoms with Crippen molar-refractivity contribution in [1.82, 2.24) is 14.2 Å². The Balaban J connectivity index is 0.000000429. The quantitative estimate of drug-likeness (QED) is 0.522. The van der Waals surface area contributed by atoms with Gasteiger partial charge >= 0.3 is 12.1 Å². The molecule has 2 N–H and O–H groups in total. The molecule has 1 saturated heterocycles. The van der Waals surface area contributed by atoms with Crippen molar-refractivity contribution in [2.75, 3.05) is 32.8 Å². The average Bonchev–Trinajstić information content (AvgIpc) is 3.27. The summed E-state index contributed by atoms with van der Waals surface area (Å²) in [6.07, 6.45) is -3.44. The smallest absolute Gasteiger partial charge is 0.490 e. The molecule has 190 valence electrons. The van der Waals surface area contributed by atoms with Crippen LogP contribution in [0.1, 0.15) is 12.5 Å².